The van der Waals surface area contributed by atoms with Crippen molar-refractivity contribution in [1.82, 2.24) is 4.98 Å². The van der Waals surface area contributed by atoms with E-state index in [-0.39, 0.29) is 24.3 Å². The Labute approximate surface area is 174 Å². The molecule has 4 rings (SSSR count). The summed E-state index contributed by atoms with van der Waals surface area (Å²) in [6, 6.07) is 18.4. The van der Waals surface area contributed by atoms with Crippen LogP contribution < -0.4 is 9.64 Å². The molecule has 1 aliphatic rings. The molecule has 0 aliphatic carbocycles. The molecule has 2 heterocycles. The minimum Gasteiger partial charge on any atom is -0.489 e. The fourth-order valence-electron chi connectivity index (χ4n) is 3.94. The zero-order valence-electron chi connectivity index (χ0n) is 16.6. The van der Waals surface area contributed by atoms with E-state index in [9.17, 15) is 14.7 Å². The SMILES string of the molecule is CC1C(CC(=O)O)c2cc(OCc3ccccc3)ccc2N1C(=O)c1ccncc1. The number of pyridine rings is 1. The molecule has 0 fully saturated rings. The van der Waals surface area contributed by atoms with Crippen LogP contribution in [0.2, 0.25) is 0 Å². The molecule has 0 spiro atoms. The third kappa shape index (κ3) is 3.89. The summed E-state index contributed by atoms with van der Waals surface area (Å²) >= 11 is 0. The Balaban J connectivity index is 1.65. The average molecular weight is 402 g/mol. The normalized spacial score (nSPS) is 17.4. The number of carbonyl (C=O) groups excluding carboxylic acids is 1. The number of rotatable bonds is 6. The van der Waals surface area contributed by atoms with Gasteiger partial charge >= 0.3 is 5.97 Å². The fraction of sp³-hybridized carbons (Fsp3) is 0.208. The predicted octanol–water partition coefficient (Wildman–Crippen LogP) is 4.27. The zero-order chi connectivity index (χ0) is 21.1. The number of hydrogen-bond donors (Lipinski definition) is 1. The lowest BCUT2D eigenvalue weighted by atomic mass is 9.92. The highest BCUT2D eigenvalue weighted by atomic mass is 16.5. The second kappa shape index (κ2) is 8.37. The number of benzene rings is 2. The molecule has 1 amide bonds. The number of nitrogens with zero attached hydrogens (tertiary/aromatic N) is 2. The van der Waals surface area contributed by atoms with Gasteiger partial charge in [0, 0.05) is 35.6 Å². The number of ether oxygens (including phenoxy) is 1. The maximum Gasteiger partial charge on any atom is 0.304 e. The zero-order valence-corrected chi connectivity index (χ0v) is 16.6. The molecule has 2 atom stereocenters. The molecule has 1 aliphatic heterocycles. The van der Waals surface area contributed by atoms with Crippen LogP contribution in [0.25, 0.3) is 0 Å². The Morgan fingerprint density at radius 2 is 1.80 bits per heavy atom. The molecule has 6 heteroatoms. The Kier molecular flexibility index (Phi) is 5.48. The van der Waals surface area contributed by atoms with Crippen LogP contribution in [0.3, 0.4) is 0 Å². The first-order valence-corrected chi connectivity index (χ1v) is 9.80. The van der Waals surface area contributed by atoms with Crippen molar-refractivity contribution in [1.29, 1.82) is 0 Å². The first-order chi connectivity index (χ1) is 14.5. The van der Waals surface area contributed by atoms with E-state index in [1.807, 2.05) is 55.5 Å². The number of aromatic nitrogens is 1. The summed E-state index contributed by atoms with van der Waals surface area (Å²) in [5.74, 6) is -0.731. The van der Waals surface area contributed by atoms with E-state index in [1.54, 1.807) is 29.4 Å². The third-order valence-corrected chi connectivity index (χ3v) is 5.44. The van der Waals surface area contributed by atoms with Gasteiger partial charge in [0.15, 0.2) is 0 Å². The standard InChI is InChI=1S/C24H22N2O4/c1-16-20(14-23(27)28)21-13-19(30-15-17-5-3-2-4-6-17)7-8-22(21)26(16)24(29)18-9-11-25-12-10-18/h2-13,16,20H,14-15H2,1H3,(H,27,28). The van der Waals surface area contributed by atoms with Gasteiger partial charge in [-0.25, -0.2) is 0 Å². The number of carboxylic acid groups (broad SMARTS) is 1. The third-order valence-electron chi connectivity index (χ3n) is 5.44. The van der Waals surface area contributed by atoms with Gasteiger partial charge in [-0.1, -0.05) is 30.3 Å². The van der Waals surface area contributed by atoms with Gasteiger partial charge in [-0.05, 0) is 48.4 Å². The van der Waals surface area contributed by atoms with Crippen LogP contribution in [-0.4, -0.2) is 28.0 Å². The number of amides is 1. The molecule has 0 saturated heterocycles. The molecular formula is C24H22N2O4. The quantitative estimate of drug-likeness (QED) is 0.666. The number of fused-ring (bicyclic) bond motifs is 1. The maximum atomic E-state index is 13.2. The van der Waals surface area contributed by atoms with Crippen molar-refractivity contribution in [2.45, 2.75) is 31.9 Å². The van der Waals surface area contributed by atoms with E-state index in [2.05, 4.69) is 4.98 Å². The average Bonchev–Trinajstić information content (AvgIpc) is 3.03. The summed E-state index contributed by atoms with van der Waals surface area (Å²) in [5.41, 5.74) is 3.10. The van der Waals surface area contributed by atoms with Gasteiger partial charge in [0.1, 0.15) is 12.4 Å². The van der Waals surface area contributed by atoms with Crippen LogP contribution in [0.5, 0.6) is 5.75 Å². The highest BCUT2D eigenvalue weighted by Crippen LogP contribution is 2.45. The van der Waals surface area contributed by atoms with Crippen molar-refractivity contribution >= 4 is 17.6 Å². The topological polar surface area (TPSA) is 79.7 Å². The molecule has 2 aromatic carbocycles. The summed E-state index contributed by atoms with van der Waals surface area (Å²) in [6.45, 7) is 2.30. The molecule has 1 aromatic heterocycles. The molecule has 6 nitrogen and oxygen atoms in total. The van der Waals surface area contributed by atoms with Crippen molar-refractivity contribution < 1.29 is 19.4 Å². The highest BCUT2D eigenvalue weighted by Gasteiger charge is 2.40. The summed E-state index contributed by atoms with van der Waals surface area (Å²) in [4.78, 5) is 30.3. The number of carboxylic acids is 1. The molecule has 1 N–H and O–H groups in total. The number of hydrogen-bond acceptors (Lipinski definition) is 4. The van der Waals surface area contributed by atoms with Gasteiger partial charge in [0.2, 0.25) is 0 Å². The van der Waals surface area contributed by atoms with E-state index < -0.39 is 5.97 Å². The summed E-state index contributed by atoms with van der Waals surface area (Å²) in [6.07, 6.45) is 3.09. The van der Waals surface area contributed by atoms with Crippen molar-refractivity contribution in [3.8, 4) is 5.75 Å². The number of aliphatic carboxylic acids is 1. The first-order valence-electron chi connectivity index (χ1n) is 9.80. The van der Waals surface area contributed by atoms with Crippen molar-refractivity contribution in [2.24, 2.45) is 0 Å². The second-order valence-corrected chi connectivity index (χ2v) is 7.35. The molecule has 152 valence electrons. The second-order valence-electron chi connectivity index (χ2n) is 7.35. The van der Waals surface area contributed by atoms with Crippen molar-refractivity contribution in [2.75, 3.05) is 4.90 Å². The lowest BCUT2D eigenvalue weighted by Gasteiger charge is -2.25. The van der Waals surface area contributed by atoms with Gasteiger partial charge < -0.3 is 14.7 Å². The minimum absolute atomic E-state index is 0.0591. The van der Waals surface area contributed by atoms with Crippen molar-refractivity contribution in [3.63, 3.8) is 0 Å². The van der Waals surface area contributed by atoms with Gasteiger partial charge in [0.25, 0.3) is 5.91 Å². The Bertz CT molecular complexity index is 1050. The van der Waals surface area contributed by atoms with Crippen LogP contribution in [0.15, 0.2) is 73.1 Å². The molecule has 0 bridgehead atoms. The summed E-state index contributed by atoms with van der Waals surface area (Å²) in [5, 5.41) is 9.44. The van der Waals surface area contributed by atoms with Gasteiger partial charge in [-0.2, -0.15) is 0 Å². The van der Waals surface area contributed by atoms with Gasteiger partial charge in [0.05, 0.1) is 6.42 Å². The molecule has 0 radical (unpaired) electrons. The van der Waals surface area contributed by atoms with E-state index in [1.165, 1.54) is 0 Å². The van der Waals surface area contributed by atoms with E-state index >= 15 is 0 Å². The van der Waals surface area contributed by atoms with Crippen LogP contribution in [0.4, 0.5) is 5.69 Å². The predicted molar refractivity (Wildman–Crippen MR) is 113 cm³/mol. The van der Waals surface area contributed by atoms with Crippen LogP contribution >= 0.6 is 0 Å². The van der Waals surface area contributed by atoms with Gasteiger partial charge in [-0.3, -0.25) is 14.6 Å². The Morgan fingerprint density at radius 1 is 1.07 bits per heavy atom. The lowest BCUT2D eigenvalue weighted by molar-refractivity contribution is -0.137. The number of anilines is 1. The first kappa shape index (κ1) is 19.6. The Hall–Kier alpha value is -3.67. The summed E-state index contributed by atoms with van der Waals surface area (Å²) in [7, 11) is 0. The smallest absolute Gasteiger partial charge is 0.304 e. The van der Waals surface area contributed by atoms with Gasteiger partial charge in [-0.15, -0.1) is 0 Å². The molecular weight excluding hydrogens is 380 g/mol. The minimum atomic E-state index is -0.897. The Morgan fingerprint density at radius 3 is 2.50 bits per heavy atom. The van der Waals surface area contributed by atoms with Crippen molar-refractivity contribution in [3.05, 3.63) is 89.7 Å². The highest BCUT2D eigenvalue weighted by molar-refractivity contribution is 6.08. The summed E-state index contributed by atoms with van der Waals surface area (Å²) < 4.78 is 5.93. The molecule has 2 unspecified atom stereocenters. The monoisotopic (exact) mass is 402 g/mol. The maximum absolute atomic E-state index is 13.2. The van der Waals surface area contributed by atoms with Crippen LogP contribution in [-0.2, 0) is 11.4 Å². The van der Waals surface area contributed by atoms with E-state index in [0.29, 0.717) is 17.9 Å². The largest absolute Gasteiger partial charge is 0.489 e. The molecule has 0 saturated carbocycles. The van der Waals surface area contributed by atoms with Crippen LogP contribution in [0.1, 0.15) is 40.7 Å². The van der Waals surface area contributed by atoms with E-state index in [4.69, 9.17) is 4.74 Å². The number of carbonyl (C=O) groups is 2. The molecule has 30 heavy (non-hydrogen) atoms. The van der Waals surface area contributed by atoms with E-state index in [0.717, 1.165) is 16.8 Å². The lowest BCUT2D eigenvalue weighted by Crippen LogP contribution is -2.37. The fourth-order valence-corrected chi connectivity index (χ4v) is 3.94. The molecule has 3 aromatic rings. The van der Waals surface area contributed by atoms with Crippen LogP contribution in [0, 0.1) is 0 Å².